The zero-order valence-corrected chi connectivity index (χ0v) is 23.1. The Morgan fingerprint density at radius 1 is 0.949 bits per heavy atom. The number of amides is 1. The van der Waals surface area contributed by atoms with E-state index < -0.39 is 5.60 Å². The summed E-state index contributed by atoms with van der Waals surface area (Å²) in [6, 6.07) is 18.7. The number of phenolic OH excluding ortho intramolecular Hbond substituents is 1. The first-order valence-electron chi connectivity index (χ1n) is 13.6. The summed E-state index contributed by atoms with van der Waals surface area (Å²) in [5.41, 5.74) is 4.36. The highest BCUT2D eigenvalue weighted by Crippen LogP contribution is 2.50. The van der Waals surface area contributed by atoms with Crippen LogP contribution >= 0.6 is 0 Å². The molecule has 1 fully saturated rings. The molecule has 0 bridgehead atoms. The molecular weight excluding hydrogens is 495 g/mol. The number of hydrogen-bond donors (Lipinski definition) is 1. The molecule has 206 valence electrons. The highest BCUT2D eigenvalue weighted by Gasteiger charge is 2.35. The number of ether oxygens (including phenoxy) is 2. The Labute approximate surface area is 230 Å². The number of fused-ring (bicyclic) bond motifs is 1. The normalized spacial score (nSPS) is 19.4. The SMILES string of the molecule is COc1cc(N2CCN(C(=O)OC(C)(C)C)CC2)ccc1[C@H]1c2ccc(O)cc2CC[C@H]1c1ccccc1F. The second kappa shape index (κ2) is 10.8. The van der Waals surface area contributed by atoms with Crippen LogP contribution in [-0.2, 0) is 11.2 Å². The number of aryl methyl sites for hydroxylation is 1. The Morgan fingerprint density at radius 2 is 1.67 bits per heavy atom. The molecule has 1 heterocycles. The first-order chi connectivity index (χ1) is 18.6. The standard InChI is InChI=1S/C32H37FN2O4/c1-32(2,3)39-31(37)35-17-15-34(16-18-35)22-10-13-27(29(20-22)38-4)30-24-14-11-23(36)19-21(24)9-12-26(30)25-7-5-6-8-28(25)33/h5-8,10-11,13-14,19-20,26,30,36H,9,12,15-18H2,1-4H3/t26-,30-/m0/s1. The van der Waals surface area contributed by atoms with Crippen molar-refractivity contribution in [3.63, 3.8) is 0 Å². The van der Waals surface area contributed by atoms with Crippen molar-refractivity contribution in [3.8, 4) is 11.5 Å². The van der Waals surface area contributed by atoms with Gasteiger partial charge in [-0.3, -0.25) is 0 Å². The molecule has 2 atom stereocenters. The van der Waals surface area contributed by atoms with Crippen molar-refractivity contribution in [2.75, 3.05) is 38.2 Å². The molecular formula is C32H37FN2O4. The number of halogens is 1. The largest absolute Gasteiger partial charge is 0.508 e. The van der Waals surface area contributed by atoms with Crippen molar-refractivity contribution >= 4 is 11.8 Å². The molecule has 0 saturated carbocycles. The van der Waals surface area contributed by atoms with Gasteiger partial charge < -0.3 is 24.4 Å². The fraction of sp³-hybridized carbons (Fsp3) is 0.406. The molecule has 0 aromatic heterocycles. The molecule has 0 spiro atoms. The van der Waals surface area contributed by atoms with Gasteiger partial charge >= 0.3 is 6.09 Å². The number of aromatic hydroxyl groups is 1. The molecule has 6 nitrogen and oxygen atoms in total. The minimum Gasteiger partial charge on any atom is -0.508 e. The van der Waals surface area contributed by atoms with Gasteiger partial charge in [0.25, 0.3) is 0 Å². The molecule has 1 amide bonds. The van der Waals surface area contributed by atoms with E-state index in [9.17, 15) is 9.90 Å². The van der Waals surface area contributed by atoms with E-state index in [4.69, 9.17) is 9.47 Å². The maximum atomic E-state index is 15.1. The Morgan fingerprint density at radius 3 is 2.36 bits per heavy atom. The number of anilines is 1. The van der Waals surface area contributed by atoms with Crippen LogP contribution in [0.4, 0.5) is 14.9 Å². The van der Waals surface area contributed by atoms with Crippen LogP contribution in [0.5, 0.6) is 11.5 Å². The maximum absolute atomic E-state index is 15.1. The van der Waals surface area contributed by atoms with Gasteiger partial charge in [0, 0.05) is 49.4 Å². The quantitative estimate of drug-likeness (QED) is 0.418. The highest BCUT2D eigenvalue weighted by molar-refractivity contribution is 5.69. The number of rotatable bonds is 4. The fourth-order valence-corrected chi connectivity index (χ4v) is 5.93. The lowest BCUT2D eigenvalue weighted by atomic mass is 9.69. The van der Waals surface area contributed by atoms with E-state index in [0.29, 0.717) is 31.7 Å². The second-order valence-electron chi connectivity index (χ2n) is 11.4. The van der Waals surface area contributed by atoms with E-state index >= 15 is 4.39 Å². The molecule has 3 aromatic rings. The maximum Gasteiger partial charge on any atom is 0.410 e. The molecule has 2 aliphatic rings. The van der Waals surface area contributed by atoms with Gasteiger partial charge in [0.2, 0.25) is 0 Å². The van der Waals surface area contributed by atoms with Crippen molar-refractivity contribution in [3.05, 3.63) is 88.7 Å². The minimum atomic E-state index is -0.519. The third-order valence-electron chi connectivity index (χ3n) is 7.74. The van der Waals surface area contributed by atoms with Gasteiger partial charge in [-0.1, -0.05) is 30.3 Å². The van der Waals surface area contributed by atoms with Crippen molar-refractivity contribution in [1.29, 1.82) is 0 Å². The lowest BCUT2D eigenvalue weighted by Crippen LogP contribution is -2.50. The van der Waals surface area contributed by atoms with Crippen LogP contribution in [0.25, 0.3) is 0 Å². The van der Waals surface area contributed by atoms with Crippen LogP contribution in [0.2, 0.25) is 0 Å². The van der Waals surface area contributed by atoms with Gasteiger partial charge in [-0.15, -0.1) is 0 Å². The van der Waals surface area contributed by atoms with Crippen LogP contribution in [0, 0.1) is 5.82 Å². The second-order valence-corrected chi connectivity index (χ2v) is 11.4. The molecule has 3 aromatic carbocycles. The van der Waals surface area contributed by atoms with Crippen LogP contribution < -0.4 is 9.64 Å². The molecule has 1 aliphatic carbocycles. The predicted molar refractivity (Wildman–Crippen MR) is 150 cm³/mol. The van der Waals surface area contributed by atoms with Crippen LogP contribution in [0.15, 0.2) is 60.7 Å². The predicted octanol–water partition coefficient (Wildman–Crippen LogP) is 6.46. The smallest absolute Gasteiger partial charge is 0.410 e. The number of benzene rings is 3. The molecule has 1 aliphatic heterocycles. The topological polar surface area (TPSA) is 62.2 Å². The summed E-state index contributed by atoms with van der Waals surface area (Å²) in [6.07, 6.45) is 1.25. The number of nitrogens with zero attached hydrogens (tertiary/aromatic N) is 2. The monoisotopic (exact) mass is 532 g/mol. The molecule has 7 heteroatoms. The number of methoxy groups -OCH3 is 1. The van der Waals surface area contributed by atoms with Crippen molar-refractivity contribution in [1.82, 2.24) is 4.90 Å². The lowest BCUT2D eigenvalue weighted by molar-refractivity contribution is 0.0240. The lowest BCUT2D eigenvalue weighted by Gasteiger charge is -2.38. The number of carbonyl (C=O) groups is 1. The van der Waals surface area contributed by atoms with Crippen molar-refractivity contribution < 1.29 is 23.8 Å². The molecule has 0 radical (unpaired) electrons. The summed E-state index contributed by atoms with van der Waals surface area (Å²) in [6.45, 7) is 8.15. The fourth-order valence-electron chi connectivity index (χ4n) is 5.93. The minimum absolute atomic E-state index is 0.0691. The van der Waals surface area contributed by atoms with E-state index in [1.165, 1.54) is 6.07 Å². The van der Waals surface area contributed by atoms with Gasteiger partial charge in [-0.25, -0.2) is 9.18 Å². The number of phenols is 1. The molecule has 39 heavy (non-hydrogen) atoms. The average molecular weight is 533 g/mol. The van der Waals surface area contributed by atoms with Crippen molar-refractivity contribution in [2.45, 2.75) is 51.0 Å². The van der Waals surface area contributed by atoms with Gasteiger partial charge in [-0.2, -0.15) is 0 Å². The molecule has 1 N–H and O–H groups in total. The third kappa shape index (κ3) is 5.68. The number of carbonyl (C=O) groups excluding carboxylic acids is 1. The molecule has 0 unspecified atom stereocenters. The summed E-state index contributed by atoms with van der Waals surface area (Å²) in [5.74, 6) is 0.590. The van der Waals surface area contributed by atoms with Crippen LogP contribution in [0.3, 0.4) is 0 Å². The molecule has 1 saturated heterocycles. The first-order valence-corrected chi connectivity index (χ1v) is 13.6. The Kier molecular flexibility index (Phi) is 7.43. The average Bonchev–Trinajstić information content (AvgIpc) is 2.91. The Balaban J connectivity index is 1.45. The van der Waals surface area contributed by atoms with Gasteiger partial charge in [-0.05, 0) is 80.5 Å². The number of hydrogen-bond acceptors (Lipinski definition) is 5. The summed E-state index contributed by atoms with van der Waals surface area (Å²) >= 11 is 0. The Bertz CT molecular complexity index is 1340. The zero-order valence-electron chi connectivity index (χ0n) is 23.1. The zero-order chi connectivity index (χ0) is 27.7. The van der Waals surface area contributed by atoms with E-state index in [2.05, 4.69) is 17.0 Å². The van der Waals surface area contributed by atoms with Gasteiger partial charge in [0.15, 0.2) is 0 Å². The third-order valence-corrected chi connectivity index (χ3v) is 7.74. The van der Waals surface area contributed by atoms with Crippen molar-refractivity contribution in [2.24, 2.45) is 0 Å². The highest BCUT2D eigenvalue weighted by atomic mass is 19.1. The summed E-state index contributed by atoms with van der Waals surface area (Å²) in [5, 5.41) is 10.1. The Hall–Kier alpha value is -3.74. The summed E-state index contributed by atoms with van der Waals surface area (Å²) in [4.78, 5) is 16.5. The van der Waals surface area contributed by atoms with E-state index in [1.807, 2.05) is 51.1 Å². The van der Waals surface area contributed by atoms with Gasteiger partial charge in [0.1, 0.15) is 22.9 Å². The van der Waals surface area contributed by atoms with E-state index in [1.54, 1.807) is 24.1 Å². The van der Waals surface area contributed by atoms with Crippen LogP contribution in [0.1, 0.15) is 61.3 Å². The van der Waals surface area contributed by atoms with Gasteiger partial charge in [0.05, 0.1) is 7.11 Å². The summed E-state index contributed by atoms with van der Waals surface area (Å²) < 4.78 is 26.5. The van der Waals surface area contributed by atoms with Crippen LogP contribution in [-0.4, -0.2) is 55.0 Å². The molecule has 5 rings (SSSR count). The number of piperazine rings is 1. The summed E-state index contributed by atoms with van der Waals surface area (Å²) in [7, 11) is 1.67. The van der Waals surface area contributed by atoms with E-state index in [0.717, 1.165) is 41.0 Å². The first kappa shape index (κ1) is 26.9. The van der Waals surface area contributed by atoms with E-state index in [-0.39, 0.29) is 29.5 Å².